The topological polar surface area (TPSA) is 0 Å². The molecule has 0 bridgehead atoms. The molecule has 0 heterocycles. The van der Waals surface area contributed by atoms with Crippen LogP contribution in [0.25, 0.3) is 0 Å². The van der Waals surface area contributed by atoms with Gasteiger partial charge in [0, 0.05) is 0 Å². The minimum atomic E-state index is 0.928. The van der Waals surface area contributed by atoms with Crippen LogP contribution in [-0.4, -0.2) is 0 Å². The maximum absolute atomic E-state index is 2.50. The average molecular weight is 238 g/mol. The van der Waals surface area contributed by atoms with E-state index in [0.717, 1.165) is 29.6 Å². The molecule has 5 unspecified atom stereocenters. The quantitative estimate of drug-likeness (QED) is 0.517. The zero-order valence-electron chi connectivity index (χ0n) is 12.8. The van der Waals surface area contributed by atoms with Gasteiger partial charge >= 0.3 is 0 Å². The molecule has 0 spiro atoms. The summed E-state index contributed by atoms with van der Waals surface area (Å²) in [5.41, 5.74) is 0. The van der Waals surface area contributed by atoms with Crippen molar-refractivity contribution < 1.29 is 0 Å². The van der Waals surface area contributed by atoms with Crippen molar-refractivity contribution in [3.63, 3.8) is 0 Å². The van der Waals surface area contributed by atoms with E-state index in [2.05, 4.69) is 34.6 Å². The van der Waals surface area contributed by atoms with Crippen molar-refractivity contribution in [1.29, 1.82) is 0 Å². The van der Waals surface area contributed by atoms with Crippen LogP contribution < -0.4 is 0 Å². The number of hydrogen-bond acceptors (Lipinski definition) is 0. The summed E-state index contributed by atoms with van der Waals surface area (Å²) < 4.78 is 0. The predicted molar refractivity (Wildman–Crippen MR) is 78.1 cm³/mol. The zero-order chi connectivity index (χ0) is 12.8. The van der Waals surface area contributed by atoms with Crippen molar-refractivity contribution in [3.05, 3.63) is 0 Å². The first kappa shape index (κ1) is 15.1. The molecule has 0 amide bonds. The highest BCUT2D eigenvalue weighted by atomic mass is 14.4. The second-order valence-electron chi connectivity index (χ2n) is 6.83. The molecule has 0 aliphatic heterocycles. The highest BCUT2D eigenvalue weighted by Crippen LogP contribution is 2.42. The Kier molecular flexibility index (Phi) is 6.59. The summed E-state index contributed by atoms with van der Waals surface area (Å²) in [6.07, 6.45) is 10.2. The Morgan fingerprint density at radius 1 is 0.941 bits per heavy atom. The maximum atomic E-state index is 2.50. The Balaban J connectivity index is 2.33. The lowest BCUT2D eigenvalue weighted by atomic mass is 9.82. The first-order valence-electron chi connectivity index (χ1n) is 8.08. The molecule has 0 radical (unpaired) electrons. The van der Waals surface area contributed by atoms with Gasteiger partial charge in [0.1, 0.15) is 0 Å². The molecule has 1 aliphatic carbocycles. The van der Waals surface area contributed by atoms with E-state index < -0.39 is 0 Å². The van der Waals surface area contributed by atoms with Gasteiger partial charge in [-0.25, -0.2) is 0 Å². The summed E-state index contributed by atoms with van der Waals surface area (Å²) in [7, 11) is 0. The number of rotatable bonds is 7. The molecule has 5 atom stereocenters. The lowest BCUT2D eigenvalue weighted by molar-refractivity contribution is 0.269. The van der Waals surface area contributed by atoms with E-state index in [-0.39, 0.29) is 0 Å². The molecule has 17 heavy (non-hydrogen) atoms. The smallest absolute Gasteiger partial charge is 0.0386 e. The SMILES string of the molecule is CCCC(C)C1CCC(C(C)CC(C)CC)C1. The molecule has 1 rings (SSSR count). The molecule has 1 fully saturated rings. The molecule has 0 nitrogen and oxygen atoms in total. The van der Waals surface area contributed by atoms with Crippen molar-refractivity contribution in [2.24, 2.45) is 29.6 Å². The standard InChI is InChI=1S/C17H34/c1-6-8-14(4)16-9-10-17(12-16)15(5)11-13(3)7-2/h13-17H,6-12H2,1-5H3. The van der Waals surface area contributed by atoms with Gasteiger partial charge in [-0.15, -0.1) is 0 Å². The van der Waals surface area contributed by atoms with Crippen molar-refractivity contribution >= 4 is 0 Å². The van der Waals surface area contributed by atoms with Gasteiger partial charge in [-0.1, -0.05) is 53.9 Å². The normalized spacial score (nSPS) is 30.2. The van der Waals surface area contributed by atoms with Gasteiger partial charge in [0.05, 0.1) is 0 Å². The van der Waals surface area contributed by atoms with Crippen LogP contribution in [0.1, 0.15) is 79.6 Å². The minimum absolute atomic E-state index is 0.928. The summed E-state index contributed by atoms with van der Waals surface area (Å²) in [4.78, 5) is 0. The van der Waals surface area contributed by atoms with E-state index >= 15 is 0 Å². The molecule has 1 aliphatic rings. The lowest BCUT2D eigenvalue weighted by Gasteiger charge is -2.24. The van der Waals surface area contributed by atoms with Crippen molar-refractivity contribution in [2.45, 2.75) is 79.6 Å². The van der Waals surface area contributed by atoms with E-state index in [1.54, 1.807) is 0 Å². The molecular formula is C17H34. The molecule has 0 heteroatoms. The van der Waals surface area contributed by atoms with Gasteiger partial charge in [-0.05, 0) is 55.3 Å². The van der Waals surface area contributed by atoms with Crippen LogP contribution >= 0.6 is 0 Å². The maximum Gasteiger partial charge on any atom is -0.0386 e. The predicted octanol–water partition coefficient (Wildman–Crippen LogP) is 5.91. The second kappa shape index (κ2) is 7.44. The lowest BCUT2D eigenvalue weighted by Crippen LogP contribution is -2.14. The van der Waals surface area contributed by atoms with Crippen molar-refractivity contribution in [3.8, 4) is 0 Å². The first-order chi connectivity index (χ1) is 8.08. The van der Waals surface area contributed by atoms with E-state index in [4.69, 9.17) is 0 Å². The van der Waals surface area contributed by atoms with E-state index in [1.807, 2.05) is 0 Å². The zero-order valence-corrected chi connectivity index (χ0v) is 12.8. The van der Waals surface area contributed by atoms with Crippen LogP contribution in [0, 0.1) is 29.6 Å². The minimum Gasteiger partial charge on any atom is -0.0654 e. The van der Waals surface area contributed by atoms with Gasteiger partial charge in [0.2, 0.25) is 0 Å². The summed E-state index contributed by atoms with van der Waals surface area (Å²) in [5, 5.41) is 0. The highest BCUT2D eigenvalue weighted by molar-refractivity contribution is 4.82. The molecule has 1 saturated carbocycles. The Bertz CT molecular complexity index is 196. The summed E-state index contributed by atoms with van der Waals surface area (Å²) in [6, 6.07) is 0. The molecule has 0 N–H and O–H groups in total. The fourth-order valence-corrected chi connectivity index (χ4v) is 3.77. The Morgan fingerprint density at radius 2 is 1.53 bits per heavy atom. The number of hydrogen-bond donors (Lipinski definition) is 0. The Labute approximate surface area is 110 Å². The van der Waals surface area contributed by atoms with Crippen LogP contribution in [0.5, 0.6) is 0 Å². The molecule has 0 aromatic rings. The van der Waals surface area contributed by atoms with Crippen LogP contribution in [0.3, 0.4) is 0 Å². The van der Waals surface area contributed by atoms with Gasteiger partial charge in [0.25, 0.3) is 0 Å². The second-order valence-corrected chi connectivity index (χ2v) is 6.83. The Morgan fingerprint density at radius 3 is 2.06 bits per heavy atom. The molecular weight excluding hydrogens is 204 g/mol. The molecule has 0 aromatic heterocycles. The van der Waals surface area contributed by atoms with E-state index in [1.165, 1.54) is 44.9 Å². The first-order valence-corrected chi connectivity index (χ1v) is 8.08. The third kappa shape index (κ3) is 4.64. The molecule has 102 valence electrons. The summed E-state index contributed by atoms with van der Waals surface area (Å²) in [6.45, 7) is 12.1. The Hall–Kier alpha value is 0. The monoisotopic (exact) mass is 238 g/mol. The molecule has 0 aromatic carbocycles. The van der Waals surface area contributed by atoms with Crippen LogP contribution in [0.4, 0.5) is 0 Å². The van der Waals surface area contributed by atoms with Crippen LogP contribution in [0.15, 0.2) is 0 Å². The third-order valence-electron chi connectivity index (χ3n) is 5.34. The highest BCUT2D eigenvalue weighted by Gasteiger charge is 2.31. The fraction of sp³-hybridized carbons (Fsp3) is 1.00. The van der Waals surface area contributed by atoms with Gasteiger partial charge in [-0.2, -0.15) is 0 Å². The van der Waals surface area contributed by atoms with E-state index in [9.17, 15) is 0 Å². The van der Waals surface area contributed by atoms with Crippen LogP contribution in [-0.2, 0) is 0 Å². The van der Waals surface area contributed by atoms with E-state index in [0.29, 0.717) is 0 Å². The third-order valence-corrected chi connectivity index (χ3v) is 5.34. The molecule has 0 saturated heterocycles. The largest absolute Gasteiger partial charge is 0.0654 e. The summed E-state index contributed by atoms with van der Waals surface area (Å²) in [5.74, 6) is 4.94. The van der Waals surface area contributed by atoms with Gasteiger partial charge in [0.15, 0.2) is 0 Å². The van der Waals surface area contributed by atoms with Crippen molar-refractivity contribution in [2.75, 3.05) is 0 Å². The van der Waals surface area contributed by atoms with Gasteiger partial charge < -0.3 is 0 Å². The van der Waals surface area contributed by atoms with Gasteiger partial charge in [-0.3, -0.25) is 0 Å². The average Bonchev–Trinajstić information content (AvgIpc) is 2.78. The van der Waals surface area contributed by atoms with Crippen molar-refractivity contribution in [1.82, 2.24) is 0 Å². The van der Waals surface area contributed by atoms with Crippen LogP contribution in [0.2, 0.25) is 0 Å². The summed E-state index contributed by atoms with van der Waals surface area (Å²) >= 11 is 0. The fourth-order valence-electron chi connectivity index (χ4n) is 3.77.